The number of halogens is 1. The van der Waals surface area contributed by atoms with Gasteiger partial charge in [-0.15, -0.1) is 12.4 Å². The Balaban J connectivity index is 0.00000289. The highest BCUT2D eigenvalue weighted by Crippen LogP contribution is 2.27. The van der Waals surface area contributed by atoms with E-state index < -0.39 is 0 Å². The second-order valence-electron chi connectivity index (χ2n) is 3.25. The van der Waals surface area contributed by atoms with E-state index in [0.717, 1.165) is 5.56 Å². The van der Waals surface area contributed by atoms with Crippen molar-refractivity contribution in [2.75, 3.05) is 20.8 Å². The molecule has 0 saturated carbocycles. The zero-order valence-corrected chi connectivity index (χ0v) is 11.5. The Bertz CT molecular complexity index is 419. The van der Waals surface area contributed by atoms with Crippen LogP contribution in [0.5, 0.6) is 11.5 Å². The molecule has 0 aliphatic rings. The molecule has 0 aliphatic heterocycles. The smallest absolute Gasteiger partial charge is 0.205 e. The first-order valence-electron chi connectivity index (χ1n) is 5.32. The summed E-state index contributed by atoms with van der Waals surface area (Å²) >= 11 is 0. The van der Waals surface area contributed by atoms with Crippen LogP contribution in [-0.2, 0) is 4.74 Å². The number of nitrogens with one attached hydrogen (secondary N) is 1. The quantitative estimate of drug-likeness (QED) is 0.661. The van der Waals surface area contributed by atoms with Crippen LogP contribution in [0.1, 0.15) is 12.5 Å². The van der Waals surface area contributed by atoms with Gasteiger partial charge in [-0.2, -0.15) is 0 Å². The highest BCUT2D eigenvalue weighted by molar-refractivity contribution is 5.89. The van der Waals surface area contributed by atoms with E-state index in [1.54, 1.807) is 26.4 Å². The highest BCUT2D eigenvalue weighted by Gasteiger charge is 2.02. The third-order valence-electron chi connectivity index (χ3n) is 2.13. The van der Waals surface area contributed by atoms with Gasteiger partial charge in [0.1, 0.15) is 0 Å². The summed E-state index contributed by atoms with van der Waals surface area (Å²) in [6, 6.07) is 5.55. The van der Waals surface area contributed by atoms with Gasteiger partial charge in [-0.3, -0.25) is 5.41 Å². The van der Waals surface area contributed by atoms with E-state index in [4.69, 9.17) is 19.6 Å². The molecule has 18 heavy (non-hydrogen) atoms. The fourth-order valence-corrected chi connectivity index (χ4v) is 1.33. The van der Waals surface area contributed by atoms with Crippen molar-refractivity contribution in [1.82, 2.24) is 0 Å². The third kappa shape index (κ3) is 4.67. The van der Waals surface area contributed by atoms with E-state index in [9.17, 15) is 0 Å². The van der Waals surface area contributed by atoms with Gasteiger partial charge in [-0.1, -0.05) is 6.07 Å². The average molecular weight is 272 g/mol. The van der Waals surface area contributed by atoms with Gasteiger partial charge in [0.05, 0.1) is 20.8 Å². The summed E-state index contributed by atoms with van der Waals surface area (Å²) in [5, 5.41) is 7.45. The van der Waals surface area contributed by atoms with Crippen molar-refractivity contribution in [2.45, 2.75) is 6.92 Å². The van der Waals surface area contributed by atoms with Gasteiger partial charge in [0.2, 0.25) is 5.90 Å². The molecule has 0 atom stereocenters. The minimum atomic E-state index is 0. The maximum absolute atomic E-state index is 7.45. The Labute approximate surface area is 113 Å². The number of rotatable bonds is 5. The van der Waals surface area contributed by atoms with Crippen LogP contribution in [0.4, 0.5) is 0 Å². The van der Waals surface area contributed by atoms with Crippen molar-refractivity contribution in [3.05, 3.63) is 29.8 Å². The molecule has 0 heterocycles. The lowest BCUT2D eigenvalue weighted by atomic mass is 10.2. The lowest BCUT2D eigenvalue weighted by molar-refractivity contribution is 0.327. The molecule has 0 bridgehead atoms. The number of methoxy groups -OCH3 is 2. The predicted molar refractivity (Wildman–Crippen MR) is 75.2 cm³/mol. The lowest BCUT2D eigenvalue weighted by Gasteiger charge is -2.07. The second-order valence-corrected chi connectivity index (χ2v) is 3.25. The van der Waals surface area contributed by atoms with E-state index in [1.807, 2.05) is 25.1 Å². The summed E-state index contributed by atoms with van der Waals surface area (Å²) in [5.41, 5.74) is 0.923. The summed E-state index contributed by atoms with van der Waals surface area (Å²) in [4.78, 5) is 0. The van der Waals surface area contributed by atoms with Crippen molar-refractivity contribution in [3.63, 3.8) is 0 Å². The fraction of sp³-hybridized carbons (Fsp3) is 0.308. The molecule has 1 aromatic carbocycles. The minimum absolute atomic E-state index is 0. The first kappa shape index (κ1) is 16.3. The second kappa shape index (κ2) is 8.42. The molecule has 0 fully saturated rings. The SMILES string of the molecule is CCOC(=N)/C=C/c1ccc(OC)c(OC)c1.Cl. The molecule has 0 saturated heterocycles. The van der Waals surface area contributed by atoms with E-state index in [2.05, 4.69) is 0 Å². The molecule has 0 radical (unpaired) electrons. The number of hydrogen-bond acceptors (Lipinski definition) is 4. The summed E-state index contributed by atoms with van der Waals surface area (Å²) in [5.74, 6) is 1.49. The van der Waals surface area contributed by atoms with Gasteiger partial charge in [-0.25, -0.2) is 0 Å². The Morgan fingerprint density at radius 3 is 2.44 bits per heavy atom. The Kier molecular flexibility index (Phi) is 7.63. The predicted octanol–water partition coefficient (Wildman–Crippen LogP) is 3.15. The van der Waals surface area contributed by atoms with Crippen LogP contribution in [-0.4, -0.2) is 26.7 Å². The summed E-state index contributed by atoms with van der Waals surface area (Å²) in [6.07, 6.45) is 3.39. The van der Waals surface area contributed by atoms with E-state index in [0.29, 0.717) is 18.1 Å². The van der Waals surface area contributed by atoms with Crippen molar-refractivity contribution < 1.29 is 14.2 Å². The molecule has 5 heteroatoms. The first-order chi connectivity index (χ1) is 8.21. The van der Waals surface area contributed by atoms with Crippen molar-refractivity contribution in [3.8, 4) is 11.5 Å². The van der Waals surface area contributed by atoms with Gasteiger partial charge in [0.25, 0.3) is 0 Å². The lowest BCUT2D eigenvalue weighted by Crippen LogP contribution is -1.97. The van der Waals surface area contributed by atoms with Crippen LogP contribution < -0.4 is 9.47 Å². The van der Waals surface area contributed by atoms with Crippen LogP contribution >= 0.6 is 12.4 Å². The number of benzene rings is 1. The number of ether oxygens (including phenoxy) is 3. The standard InChI is InChI=1S/C13H17NO3.ClH/c1-4-17-13(14)8-6-10-5-7-11(15-2)12(9-10)16-3;/h5-9,14H,4H2,1-3H3;1H/b8-6+,14-13?;. The molecular formula is C13H18ClNO3. The first-order valence-corrected chi connectivity index (χ1v) is 5.32. The van der Waals surface area contributed by atoms with Crippen LogP contribution in [0.3, 0.4) is 0 Å². The molecule has 1 rings (SSSR count). The third-order valence-corrected chi connectivity index (χ3v) is 2.13. The monoisotopic (exact) mass is 271 g/mol. The topological polar surface area (TPSA) is 51.5 Å². The average Bonchev–Trinajstić information content (AvgIpc) is 2.36. The van der Waals surface area contributed by atoms with Gasteiger partial charge < -0.3 is 14.2 Å². The van der Waals surface area contributed by atoms with Crippen LogP contribution in [0, 0.1) is 5.41 Å². The summed E-state index contributed by atoms with van der Waals surface area (Å²) in [7, 11) is 3.19. The fourth-order valence-electron chi connectivity index (χ4n) is 1.33. The van der Waals surface area contributed by atoms with Crippen LogP contribution in [0.2, 0.25) is 0 Å². The zero-order valence-electron chi connectivity index (χ0n) is 10.7. The van der Waals surface area contributed by atoms with E-state index >= 15 is 0 Å². The van der Waals surface area contributed by atoms with Crippen molar-refractivity contribution >= 4 is 24.4 Å². The number of hydrogen-bond donors (Lipinski definition) is 1. The maximum Gasteiger partial charge on any atom is 0.205 e. The molecule has 1 aromatic rings. The molecule has 100 valence electrons. The Morgan fingerprint density at radius 2 is 1.89 bits per heavy atom. The van der Waals surface area contributed by atoms with Crippen LogP contribution in [0.25, 0.3) is 6.08 Å². The Hall–Kier alpha value is -1.68. The van der Waals surface area contributed by atoms with Gasteiger partial charge in [0, 0.05) is 6.08 Å². The Morgan fingerprint density at radius 1 is 1.22 bits per heavy atom. The molecule has 0 spiro atoms. The molecule has 4 nitrogen and oxygen atoms in total. The zero-order chi connectivity index (χ0) is 12.7. The molecule has 0 aromatic heterocycles. The molecule has 1 N–H and O–H groups in total. The van der Waals surface area contributed by atoms with Gasteiger partial charge in [0.15, 0.2) is 11.5 Å². The maximum atomic E-state index is 7.45. The van der Waals surface area contributed by atoms with Gasteiger partial charge in [-0.05, 0) is 30.7 Å². The normalized spacial score (nSPS) is 9.72. The van der Waals surface area contributed by atoms with Crippen molar-refractivity contribution in [1.29, 1.82) is 5.41 Å². The highest BCUT2D eigenvalue weighted by atomic mass is 35.5. The van der Waals surface area contributed by atoms with Gasteiger partial charge >= 0.3 is 0 Å². The van der Waals surface area contributed by atoms with E-state index in [1.165, 1.54) is 0 Å². The molecular weight excluding hydrogens is 254 g/mol. The molecule has 0 amide bonds. The van der Waals surface area contributed by atoms with Crippen LogP contribution in [0.15, 0.2) is 24.3 Å². The minimum Gasteiger partial charge on any atom is -0.493 e. The molecule has 0 aliphatic carbocycles. The summed E-state index contributed by atoms with van der Waals surface area (Å²) in [6.45, 7) is 2.34. The largest absolute Gasteiger partial charge is 0.493 e. The van der Waals surface area contributed by atoms with E-state index in [-0.39, 0.29) is 18.3 Å². The van der Waals surface area contributed by atoms with Crippen molar-refractivity contribution in [2.24, 2.45) is 0 Å². The summed E-state index contributed by atoms with van der Waals surface area (Å²) < 4.78 is 15.3. The molecule has 0 unspecified atom stereocenters.